The lowest BCUT2D eigenvalue weighted by Gasteiger charge is -2.30. The average molecular weight is 228 g/mol. The number of allylic oxidation sites excluding steroid dienone is 1. The van der Waals surface area contributed by atoms with E-state index in [9.17, 15) is 4.79 Å². The van der Waals surface area contributed by atoms with Crippen LogP contribution in [0.15, 0.2) is 29.6 Å². The van der Waals surface area contributed by atoms with Gasteiger partial charge in [-0.3, -0.25) is 4.79 Å². The molecule has 2 heterocycles. The summed E-state index contributed by atoms with van der Waals surface area (Å²) in [5.74, 6) is -0.103. The van der Waals surface area contributed by atoms with Crippen molar-refractivity contribution in [3.63, 3.8) is 0 Å². The van der Waals surface area contributed by atoms with Gasteiger partial charge in [-0.2, -0.15) is 0 Å². The molecule has 0 aliphatic carbocycles. The number of nitrogens with two attached hydrogens (primary N) is 1. The number of fused-ring (bicyclic) bond motifs is 3. The summed E-state index contributed by atoms with van der Waals surface area (Å²) < 4.78 is 0. The number of likely N-dealkylation sites (N-methyl/N-ethyl adjacent to an activating group) is 1. The molecule has 0 fully saturated rings. The van der Waals surface area contributed by atoms with E-state index < -0.39 is 0 Å². The van der Waals surface area contributed by atoms with E-state index in [0.717, 1.165) is 24.4 Å². The number of rotatable bonds is 1. The van der Waals surface area contributed by atoms with E-state index in [4.69, 9.17) is 5.73 Å². The van der Waals surface area contributed by atoms with Gasteiger partial charge in [0.15, 0.2) is 0 Å². The van der Waals surface area contributed by atoms with Crippen LogP contribution in [0.4, 0.5) is 5.69 Å². The van der Waals surface area contributed by atoms with Crippen molar-refractivity contribution in [2.24, 2.45) is 5.73 Å². The molecule has 17 heavy (non-hydrogen) atoms. The van der Waals surface area contributed by atoms with Crippen molar-refractivity contribution in [1.82, 2.24) is 4.90 Å². The maximum absolute atomic E-state index is 11.5. The van der Waals surface area contributed by atoms with Gasteiger partial charge < -0.3 is 16.0 Å². The van der Waals surface area contributed by atoms with Crippen LogP contribution in [-0.4, -0.2) is 24.4 Å². The molecule has 0 saturated heterocycles. The summed E-state index contributed by atoms with van der Waals surface area (Å²) in [4.78, 5) is 13.5. The van der Waals surface area contributed by atoms with Crippen molar-refractivity contribution in [2.75, 3.05) is 18.9 Å². The second-order valence-electron chi connectivity index (χ2n) is 4.51. The first-order valence-electron chi connectivity index (χ1n) is 5.71. The van der Waals surface area contributed by atoms with Gasteiger partial charge in [0.05, 0.1) is 11.4 Å². The summed E-state index contributed by atoms with van der Waals surface area (Å²) in [7, 11) is 1.90. The highest BCUT2D eigenvalue weighted by atomic mass is 16.1. The molecule has 2 aliphatic rings. The Morgan fingerprint density at radius 2 is 2.47 bits per heavy atom. The van der Waals surface area contributed by atoms with Gasteiger partial charge in [-0.25, -0.2) is 0 Å². The highest BCUT2D eigenvalue weighted by Crippen LogP contribution is 2.43. The highest BCUT2D eigenvalue weighted by molar-refractivity contribution is 5.94. The first-order valence-corrected chi connectivity index (χ1v) is 5.71. The SMILES string of the molecule is CN1CCC2C(=C1C(N)=O)Nc1[c]cccc12. The second-order valence-corrected chi connectivity index (χ2v) is 4.51. The zero-order valence-corrected chi connectivity index (χ0v) is 9.66. The van der Waals surface area contributed by atoms with Gasteiger partial charge in [0.25, 0.3) is 5.91 Å². The van der Waals surface area contributed by atoms with Crippen molar-refractivity contribution < 1.29 is 4.79 Å². The van der Waals surface area contributed by atoms with Crippen LogP contribution < -0.4 is 11.1 Å². The number of benzene rings is 1. The molecule has 0 bridgehead atoms. The lowest BCUT2D eigenvalue weighted by molar-refractivity contribution is -0.116. The van der Waals surface area contributed by atoms with Gasteiger partial charge >= 0.3 is 0 Å². The number of anilines is 1. The fourth-order valence-electron chi connectivity index (χ4n) is 2.71. The molecule has 1 aromatic carbocycles. The van der Waals surface area contributed by atoms with Gasteiger partial charge in [-0.05, 0) is 12.0 Å². The standard InChI is InChI=1S/C13H14N3O/c1-16-7-6-9-8-4-2-3-5-10(8)15-11(9)12(16)13(14)17/h2-4,9,15H,6-7H2,1H3,(H2,14,17). The summed E-state index contributed by atoms with van der Waals surface area (Å²) in [5, 5.41) is 3.28. The van der Waals surface area contributed by atoms with Gasteiger partial charge in [-0.15, -0.1) is 0 Å². The molecule has 1 radical (unpaired) electrons. The molecule has 4 nitrogen and oxygen atoms in total. The smallest absolute Gasteiger partial charge is 0.266 e. The number of para-hydroxylation sites is 1. The van der Waals surface area contributed by atoms with E-state index in [0.29, 0.717) is 5.70 Å². The van der Waals surface area contributed by atoms with Crippen LogP contribution in [0.25, 0.3) is 0 Å². The highest BCUT2D eigenvalue weighted by Gasteiger charge is 2.35. The maximum Gasteiger partial charge on any atom is 0.266 e. The van der Waals surface area contributed by atoms with Crippen LogP contribution in [0.3, 0.4) is 0 Å². The summed E-state index contributed by atoms with van der Waals surface area (Å²) in [6, 6.07) is 9.10. The van der Waals surface area contributed by atoms with Gasteiger partial charge in [0, 0.05) is 25.6 Å². The summed E-state index contributed by atoms with van der Waals surface area (Å²) in [6.45, 7) is 0.850. The first kappa shape index (κ1) is 10.2. The van der Waals surface area contributed by atoms with Crippen LogP contribution >= 0.6 is 0 Å². The lowest BCUT2D eigenvalue weighted by atomic mass is 9.91. The number of hydrogen-bond acceptors (Lipinski definition) is 3. The third-order valence-electron chi connectivity index (χ3n) is 3.50. The Hall–Kier alpha value is -1.97. The lowest BCUT2D eigenvalue weighted by Crippen LogP contribution is -2.36. The zero-order valence-electron chi connectivity index (χ0n) is 9.66. The monoisotopic (exact) mass is 228 g/mol. The zero-order chi connectivity index (χ0) is 12.0. The largest absolute Gasteiger partial charge is 0.369 e. The molecule has 1 aromatic rings. The van der Waals surface area contributed by atoms with E-state index in [-0.39, 0.29) is 11.8 Å². The molecular weight excluding hydrogens is 214 g/mol. The van der Waals surface area contributed by atoms with Gasteiger partial charge in [0.2, 0.25) is 0 Å². The third-order valence-corrected chi connectivity index (χ3v) is 3.50. The predicted octanol–water partition coefficient (Wildman–Crippen LogP) is 1.03. The Morgan fingerprint density at radius 1 is 1.65 bits per heavy atom. The quantitative estimate of drug-likeness (QED) is 0.754. The van der Waals surface area contributed by atoms with Crippen molar-refractivity contribution in [1.29, 1.82) is 0 Å². The minimum atomic E-state index is -0.368. The average Bonchev–Trinajstić information content (AvgIpc) is 2.66. The fourth-order valence-corrected chi connectivity index (χ4v) is 2.71. The Morgan fingerprint density at radius 3 is 3.24 bits per heavy atom. The van der Waals surface area contributed by atoms with Crippen LogP contribution in [-0.2, 0) is 4.79 Å². The molecule has 1 atom stereocenters. The van der Waals surface area contributed by atoms with Crippen LogP contribution in [0.2, 0.25) is 0 Å². The van der Waals surface area contributed by atoms with Crippen molar-refractivity contribution in [2.45, 2.75) is 12.3 Å². The first-order chi connectivity index (χ1) is 8.18. The molecule has 1 unspecified atom stereocenters. The molecule has 0 saturated carbocycles. The molecule has 4 heteroatoms. The Balaban J connectivity index is 2.14. The summed E-state index contributed by atoms with van der Waals surface area (Å²) in [5.41, 5.74) is 9.19. The predicted molar refractivity (Wildman–Crippen MR) is 65.1 cm³/mol. The van der Waals surface area contributed by atoms with Crippen molar-refractivity contribution >= 4 is 11.6 Å². The van der Waals surface area contributed by atoms with E-state index >= 15 is 0 Å². The van der Waals surface area contributed by atoms with Crippen LogP contribution in [0.5, 0.6) is 0 Å². The number of primary amides is 1. The van der Waals surface area contributed by atoms with Gasteiger partial charge in [0.1, 0.15) is 5.70 Å². The Bertz CT molecular complexity index is 521. The summed E-state index contributed by atoms with van der Waals surface area (Å²) in [6.07, 6.45) is 1.00. The van der Waals surface area contributed by atoms with E-state index in [2.05, 4.69) is 17.4 Å². The molecule has 3 rings (SSSR count). The number of nitrogens with zero attached hydrogens (tertiary/aromatic N) is 1. The molecule has 3 N–H and O–H groups in total. The third kappa shape index (κ3) is 1.40. The fraction of sp³-hybridized carbons (Fsp3) is 0.308. The minimum Gasteiger partial charge on any atom is -0.369 e. The number of carbonyl (C=O) groups excluding carboxylic acids is 1. The van der Waals surface area contributed by atoms with Crippen molar-refractivity contribution in [3.05, 3.63) is 41.2 Å². The van der Waals surface area contributed by atoms with Gasteiger partial charge in [-0.1, -0.05) is 18.2 Å². The topological polar surface area (TPSA) is 58.4 Å². The Kier molecular flexibility index (Phi) is 2.11. The van der Waals surface area contributed by atoms with E-state index in [1.54, 1.807) is 0 Å². The number of amides is 1. The number of hydrogen-bond donors (Lipinski definition) is 2. The molecule has 0 spiro atoms. The molecule has 2 aliphatic heterocycles. The Labute approximate surface area is 100 Å². The number of nitrogens with one attached hydrogen (secondary N) is 1. The van der Waals surface area contributed by atoms with Crippen molar-refractivity contribution in [3.8, 4) is 0 Å². The maximum atomic E-state index is 11.5. The van der Waals surface area contributed by atoms with E-state index in [1.807, 2.05) is 24.1 Å². The summed E-state index contributed by atoms with van der Waals surface area (Å²) >= 11 is 0. The van der Waals surface area contributed by atoms with E-state index in [1.165, 1.54) is 5.56 Å². The van der Waals surface area contributed by atoms with Crippen LogP contribution in [0.1, 0.15) is 17.9 Å². The molecule has 0 aromatic heterocycles. The number of carbonyl (C=O) groups is 1. The normalized spacial score (nSPS) is 21.9. The van der Waals surface area contributed by atoms with Crippen LogP contribution in [0, 0.1) is 6.07 Å². The molecule has 87 valence electrons. The minimum absolute atomic E-state index is 0.265. The second kappa shape index (κ2) is 3.52. The molecular formula is C13H14N3O. The molecule has 1 amide bonds.